The topological polar surface area (TPSA) is 49.3 Å². The minimum Gasteiger partial charge on any atom is -0.508 e. The van der Waals surface area contributed by atoms with Crippen LogP contribution in [0.4, 0.5) is 0 Å². The number of hydrogen-bond acceptors (Lipinski definition) is 2. The molecule has 1 aliphatic carbocycles. The van der Waals surface area contributed by atoms with Crippen molar-refractivity contribution < 1.29 is 9.90 Å². The first kappa shape index (κ1) is 11.0. The maximum absolute atomic E-state index is 11.9. The number of rotatable bonds is 2. The summed E-state index contributed by atoms with van der Waals surface area (Å²) in [7, 11) is 0. The Bertz CT molecular complexity index is 438. The highest BCUT2D eigenvalue weighted by Gasteiger charge is 2.46. The summed E-state index contributed by atoms with van der Waals surface area (Å²) in [6.45, 7) is 6.11. The average molecular weight is 219 g/mol. The molecule has 1 aromatic rings. The number of aromatic hydroxyl groups is 1. The van der Waals surface area contributed by atoms with Gasteiger partial charge in [0.05, 0.1) is 0 Å². The zero-order valence-corrected chi connectivity index (χ0v) is 9.87. The summed E-state index contributed by atoms with van der Waals surface area (Å²) < 4.78 is 0. The molecule has 86 valence electrons. The Morgan fingerprint density at radius 1 is 1.50 bits per heavy atom. The molecule has 1 fully saturated rings. The van der Waals surface area contributed by atoms with Crippen molar-refractivity contribution >= 4 is 5.91 Å². The molecule has 1 atom stereocenters. The van der Waals surface area contributed by atoms with Gasteiger partial charge in [-0.1, -0.05) is 13.8 Å². The highest BCUT2D eigenvalue weighted by atomic mass is 16.3. The third-order valence-corrected chi connectivity index (χ3v) is 3.27. The molecule has 0 saturated heterocycles. The van der Waals surface area contributed by atoms with E-state index in [9.17, 15) is 9.90 Å². The predicted molar refractivity (Wildman–Crippen MR) is 62.5 cm³/mol. The molecule has 0 aliphatic heterocycles. The van der Waals surface area contributed by atoms with E-state index in [1.807, 2.05) is 6.92 Å². The monoisotopic (exact) mass is 219 g/mol. The van der Waals surface area contributed by atoms with Crippen LogP contribution < -0.4 is 5.32 Å². The molecule has 0 radical (unpaired) electrons. The lowest BCUT2D eigenvalue weighted by atomic mass is 10.1. The van der Waals surface area contributed by atoms with Gasteiger partial charge in [-0.15, -0.1) is 0 Å². The summed E-state index contributed by atoms with van der Waals surface area (Å²) in [5.41, 5.74) is 1.68. The van der Waals surface area contributed by atoms with E-state index in [1.165, 1.54) is 0 Å². The van der Waals surface area contributed by atoms with Crippen LogP contribution in [0.15, 0.2) is 18.2 Å². The van der Waals surface area contributed by atoms with Gasteiger partial charge in [-0.05, 0) is 42.5 Å². The molecule has 16 heavy (non-hydrogen) atoms. The van der Waals surface area contributed by atoms with Crippen LogP contribution >= 0.6 is 0 Å². The number of aryl methyl sites for hydroxylation is 1. The fourth-order valence-electron chi connectivity index (χ4n) is 1.85. The summed E-state index contributed by atoms with van der Waals surface area (Å²) in [6.07, 6.45) is 1.04. The number of hydrogen-bond donors (Lipinski definition) is 2. The molecule has 0 aromatic heterocycles. The standard InChI is InChI=1S/C13H17NO2/c1-8-6-9(15)4-5-10(8)12(16)14-11-7-13(11,2)3/h4-6,11,15H,7H2,1-3H3,(H,14,16). The van der Waals surface area contributed by atoms with Crippen LogP contribution in [-0.4, -0.2) is 17.1 Å². The molecule has 0 bridgehead atoms. The van der Waals surface area contributed by atoms with Gasteiger partial charge < -0.3 is 10.4 Å². The number of phenols is 1. The Morgan fingerprint density at radius 2 is 2.12 bits per heavy atom. The summed E-state index contributed by atoms with van der Waals surface area (Å²) in [5.74, 6) is 0.147. The van der Waals surface area contributed by atoms with Crippen molar-refractivity contribution in [1.82, 2.24) is 5.32 Å². The first-order valence-corrected chi connectivity index (χ1v) is 5.50. The third kappa shape index (κ3) is 2.03. The molecule has 0 heterocycles. The van der Waals surface area contributed by atoms with Gasteiger partial charge in [0.1, 0.15) is 5.75 Å². The Balaban J connectivity index is 2.10. The van der Waals surface area contributed by atoms with Crippen LogP contribution in [0.2, 0.25) is 0 Å². The van der Waals surface area contributed by atoms with E-state index in [0.29, 0.717) is 5.56 Å². The van der Waals surface area contributed by atoms with E-state index in [1.54, 1.807) is 18.2 Å². The normalized spacial score (nSPS) is 21.6. The molecule has 3 heteroatoms. The fourth-order valence-corrected chi connectivity index (χ4v) is 1.85. The van der Waals surface area contributed by atoms with Crippen molar-refractivity contribution in [3.8, 4) is 5.75 Å². The molecular weight excluding hydrogens is 202 g/mol. The lowest BCUT2D eigenvalue weighted by molar-refractivity contribution is 0.0945. The van der Waals surface area contributed by atoms with E-state index < -0.39 is 0 Å². The molecule has 1 amide bonds. The van der Waals surface area contributed by atoms with E-state index in [2.05, 4.69) is 19.2 Å². The van der Waals surface area contributed by atoms with E-state index in [4.69, 9.17) is 0 Å². The molecule has 1 saturated carbocycles. The van der Waals surface area contributed by atoms with Crippen molar-refractivity contribution in [3.63, 3.8) is 0 Å². The van der Waals surface area contributed by atoms with Gasteiger partial charge in [-0.25, -0.2) is 0 Å². The molecule has 3 nitrogen and oxygen atoms in total. The molecule has 1 unspecified atom stereocenters. The van der Waals surface area contributed by atoms with Crippen LogP contribution in [0.3, 0.4) is 0 Å². The molecular formula is C13H17NO2. The van der Waals surface area contributed by atoms with E-state index in [0.717, 1.165) is 12.0 Å². The first-order valence-electron chi connectivity index (χ1n) is 5.50. The van der Waals surface area contributed by atoms with Gasteiger partial charge in [0.25, 0.3) is 5.91 Å². The molecule has 2 N–H and O–H groups in total. The second kappa shape index (κ2) is 3.51. The van der Waals surface area contributed by atoms with Crippen molar-refractivity contribution in [3.05, 3.63) is 29.3 Å². The number of nitrogens with one attached hydrogen (secondary N) is 1. The van der Waals surface area contributed by atoms with Gasteiger partial charge in [-0.2, -0.15) is 0 Å². The maximum atomic E-state index is 11.9. The number of benzene rings is 1. The minimum absolute atomic E-state index is 0.0481. The van der Waals surface area contributed by atoms with Crippen molar-refractivity contribution in [1.29, 1.82) is 0 Å². The van der Waals surface area contributed by atoms with Gasteiger partial charge in [0.15, 0.2) is 0 Å². The third-order valence-electron chi connectivity index (χ3n) is 3.27. The van der Waals surface area contributed by atoms with Gasteiger partial charge in [0, 0.05) is 11.6 Å². The zero-order chi connectivity index (χ0) is 11.9. The second-order valence-electron chi connectivity index (χ2n) is 5.22. The van der Waals surface area contributed by atoms with Crippen LogP contribution in [0.1, 0.15) is 36.2 Å². The molecule has 2 rings (SSSR count). The van der Waals surface area contributed by atoms with Gasteiger partial charge >= 0.3 is 0 Å². The van der Waals surface area contributed by atoms with E-state index in [-0.39, 0.29) is 23.1 Å². The van der Waals surface area contributed by atoms with Crippen molar-refractivity contribution in [2.24, 2.45) is 5.41 Å². The lowest BCUT2D eigenvalue weighted by Gasteiger charge is -2.09. The number of carbonyl (C=O) groups is 1. The molecule has 1 aliphatic rings. The summed E-state index contributed by atoms with van der Waals surface area (Å²) in [6, 6.07) is 5.09. The first-order chi connectivity index (χ1) is 7.40. The van der Waals surface area contributed by atoms with Gasteiger partial charge in [-0.3, -0.25) is 4.79 Å². The highest BCUT2D eigenvalue weighted by molar-refractivity contribution is 5.96. The second-order valence-corrected chi connectivity index (χ2v) is 5.22. The van der Waals surface area contributed by atoms with Crippen LogP contribution in [0, 0.1) is 12.3 Å². The Morgan fingerprint density at radius 3 is 2.62 bits per heavy atom. The number of carbonyl (C=O) groups excluding carboxylic acids is 1. The quantitative estimate of drug-likeness (QED) is 0.801. The molecule has 0 spiro atoms. The fraction of sp³-hybridized carbons (Fsp3) is 0.462. The summed E-state index contributed by atoms with van der Waals surface area (Å²) in [5, 5.41) is 12.3. The Labute approximate surface area is 95.5 Å². The van der Waals surface area contributed by atoms with Crippen LogP contribution in [0.5, 0.6) is 5.75 Å². The zero-order valence-electron chi connectivity index (χ0n) is 9.87. The van der Waals surface area contributed by atoms with Gasteiger partial charge in [0.2, 0.25) is 0 Å². The largest absolute Gasteiger partial charge is 0.508 e. The summed E-state index contributed by atoms with van der Waals surface area (Å²) in [4.78, 5) is 11.9. The lowest BCUT2D eigenvalue weighted by Crippen LogP contribution is -2.28. The smallest absolute Gasteiger partial charge is 0.251 e. The Kier molecular flexibility index (Phi) is 2.41. The maximum Gasteiger partial charge on any atom is 0.251 e. The predicted octanol–water partition coefficient (Wildman–Crippen LogP) is 2.23. The van der Waals surface area contributed by atoms with Crippen molar-refractivity contribution in [2.75, 3.05) is 0 Å². The molecule has 1 aromatic carbocycles. The highest BCUT2D eigenvalue weighted by Crippen LogP contribution is 2.44. The van der Waals surface area contributed by atoms with Crippen LogP contribution in [-0.2, 0) is 0 Å². The number of amides is 1. The van der Waals surface area contributed by atoms with Crippen molar-refractivity contribution in [2.45, 2.75) is 33.2 Å². The van der Waals surface area contributed by atoms with Crippen LogP contribution in [0.25, 0.3) is 0 Å². The Hall–Kier alpha value is -1.51. The number of phenolic OH excluding ortho intramolecular Hbond substituents is 1. The minimum atomic E-state index is -0.0481. The summed E-state index contributed by atoms with van der Waals surface area (Å²) >= 11 is 0. The average Bonchev–Trinajstić information content (AvgIpc) is 2.72. The SMILES string of the molecule is Cc1cc(O)ccc1C(=O)NC1CC1(C)C. The van der Waals surface area contributed by atoms with E-state index >= 15 is 0 Å².